The van der Waals surface area contributed by atoms with Crippen LogP contribution in [0.2, 0.25) is 0 Å². The second-order valence-electron chi connectivity index (χ2n) is 6.07. The van der Waals surface area contributed by atoms with Crippen LogP contribution >= 0.6 is 0 Å². The lowest BCUT2D eigenvalue weighted by atomic mass is 10.2. The fourth-order valence-corrected chi connectivity index (χ4v) is 3.15. The van der Waals surface area contributed by atoms with Crippen molar-refractivity contribution < 1.29 is 4.74 Å². The summed E-state index contributed by atoms with van der Waals surface area (Å²) in [6.45, 7) is 4.90. The number of nitrogens with zero attached hydrogens (tertiary/aromatic N) is 4. The van der Waals surface area contributed by atoms with E-state index >= 15 is 0 Å². The minimum absolute atomic E-state index is 0.822. The predicted molar refractivity (Wildman–Crippen MR) is 92.4 cm³/mol. The summed E-state index contributed by atoms with van der Waals surface area (Å²) in [6, 6.07) is 8.26. The lowest BCUT2D eigenvalue weighted by Gasteiger charge is -2.12. The van der Waals surface area contributed by atoms with Crippen molar-refractivity contribution in [2.24, 2.45) is 0 Å². The Morgan fingerprint density at radius 3 is 3.04 bits per heavy atom. The Bertz CT molecular complexity index is 841. The van der Waals surface area contributed by atoms with Gasteiger partial charge in [-0.15, -0.1) is 0 Å². The molecule has 3 aromatic rings. The van der Waals surface area contributed by atoms with Gasteiger partial charge in [-0.1, -0.05) is 6.07 Å². The van der Waals surface area contributed by atoms with E-state index in [9.17, 15) is 0 Å². The van der Waals surface area contributed by atoms with E-state index in [1.807, 2.05) is 22.9 Å². The van der Waals surface area contributed by atoms with Crippen molar-refractivity contribution in [3.63, 3.8) is 0 Å². The molecule has 0 saturated heterocycles. The van der Waals surface area contributed by atoms with Gasteiger partial charge in [0.1, 0.15) is 11.4 Å². The number of ether oxygens (including phenoxy) is 1. The average molecular weight is 323 g/mol. The molecule has 1 aliphatic rings. The lowest BCUT2D eigenvalue weighted by molar-refractivity contribution is 0.413. The first kappa shape index (κ1) is 15.0. The van der Waals surface area contributed by atoms with Crippen molar-refractivity contribution in [2.75, 3.05) is 13.7 Å². The highest BCUT2D eigenvalue weighted by Gasteiger charge is 2.17. The number of hydrogen-bond acceptors (Lipinski definition) is 4. The third-order valence-electron chi connectivity index (χ3n) is 4.36. The Morgan fingerprint density at radius 2 is 2.17 bits per heavy atom. The summed E-state index contributed by atoms with van der Waals surface area (Å²) in [5.41, 5.74) is 4.25. The maximum atomic E-state index is 5.53. The van der Waals surface area contributed by atoms with Crippen LogP contribution in [0.3, 0.4) is 0 Å². The fraction of sp³-hybridized carbons (Fsp3) is 0.333. The Labute approximate surface area is 141 Å². The van der Waals surface area contributed by atoms with Crippen molar-refractivity contribution in [1.29, 1.82) is 0 Å². The summed E-state index contributed by atoms with van der Waals surface area (Å²) in [6.07, 6.45) is 4.85. The molecule has 0 amide bonds. The van der Waals surface area contributed by atoms with Gasteiger partial charge in [0, 0.05) is 25.5 Å². The molecular formula is C18H21N5O. The van der Waals surface area contributed by atoms with Gasteiger partial charge in [-0.05, 0) is 43.7 Å². The van der Waals surface area contributed by atoms with Gasteiger partial charge in [0.05, 0.1) is 18.5 Å². The van der Waals surface area contributed by atoms with Crippen LogP contribution in [-0.4, -0.2) is 33.0 Å². The number of nitrogens with one attached hydrogen (secondary N) is 1. The number of benzene rings is 1. The molecule has 6 nitrogen and oxygen atoms in total. The van der Waals surface area contributed by atoms with Gasteiger partial charge in [-0.3, -0.25) is 9.25 Å². The van der Waals surface area contributed by atoms with E-state index in [0.717, 1.165) is 49.0 Å². The zero-order valence-electron chi connectivity index (χ0n) is 14.0. The minimum Gasteiger partial charge on any atom is -0.495 e. The molecule has 2 aromatic heterocycles. The van der Waals surface area contributed by atoms with E-state index in [1.165, 1.54) is 11.3 Å². The summed E-state index contributed by atoms with van der Waals surface area (Å²) < 4.78 is 9.66. The van der Waals surface area contributed by atoms with Crippen molar-refractivity contribution in [1.82, 2.24) is 24.6 Å². The lowest BCUT2D eigenvalue weighted by Crippen LogP contribution is -2.11. The third kappa shape index (κ3) is 2.59. The molecule has 0 saturated carbocycles. The van der Waals surface area contributed by atoms with E-state index in [4.69, 9.17) is 9.84 Å². The maximum Gasteiger partial charge on any atom is 0.165 e. The summed E-state index contributed by atoms with van der Waals surface area (Å²) in [5.74, 6) is 1.65. The Kier molecular flexibility index (Phi) is 3.82. The molecule has 1 aromatic carbocycles. The molecule has 0 radical (unpaired) electrons. The van der Waals surface area contributed by atoms with Crippen molar-refractivity contribution in [3.8, 4) is 23.0 Å². The number of imidazole rings is 1. The highest BCUT2D eigenvalue weighted by molar-refractivity contribution is 5.59. The molecule has 0 spiro atoms. The minimum atomic E-state index is 0.822. The number of aryl methyl sites for hydroxylation is 2. The molecule has 0 aliphatic carbocycles. The van der Waals surface area contributed by atoms with E-state index in [-0.39, 0.29) is 0 Å². The summed E-state index contributed by atoms with van der Waals surface area (Å²) in [7, 11) is 1.69. The molecule has 0 fully saturated rings. The van der Waals surface area contributed by atoms with Crippen LogP contribution in [0.15, 0.2) is 36.7 Å². The Morgan fingerprint density at radius 1 is 1.25 bits per heavy atom. The highest BCUT2D eigenvalue weighted by Crippen LogP contribution is 2.28. The van der Waals surface area contributed by atoms with Crippen LogP contribution in [0, 0.1) is 6.92 Å². The first-order valence-electron chi connectivity index (χ1n) is 8.22. The van der Waals surface area contributed by atoms with E-state index in [2.05, 4.69) is 34.0 Å². The van der Waals surface area contributed by atoms with Crippen LogP contribution < -0.4 is 10.1 Å². The van der Waals surface area contributed by atoms with E-state index in [1.54, 1.807) is 13.3 Å². The predicted octanol–water partition coefficient (Wildman–Crippen LogP) is 2.55. The zero-order chi connectivity index (χ0) is 16.5. The van der Waals surface area contributed by atoms with Crippen LogP contribution in [0.1, 0.15) is 17.7 Å². The molecule has 4 rings (SSSR count). The normalized spacial score (nSPS) is 14.2. The molecule has 0 atom stereocenters. The number of methoxy groups -OCH3 is 1. The Hall–Kier alpha value is -2.60. The molecule has 24 heavy (non-hydrogen) atoms. The van der Waals surface area contributed by atoms with Gasteiger partial charge in [0.2, 0.25) is 0 Å². The number of aromatic nitrogens is 4. The maximum absolute atomic E-state index is 5.53. The van der Waals surface area contributed by atoms with Gasteiger partial charge in [-0.2, -0.15) is 5.10 Å². The monoisotopic (exact) mass is 323 g/mol. The number of hydrogen-bond donors (Lipinski definition) is 1. The second kappa shape index (κ2) is 6.13. The van der Waals surface area contributed by atoms with Crippen molar-refractivity contribution in [3.05, 3.63) is 47.9 Å². The largest absolute Gasteiger partial charge is 0.495 e. The first-order valence-corrected chi connectivity index (χ1v) is 8.22. The SMILES string of the molecule is COc1ccc(C)cc1-n1ccnc1-c1cc2n(n1)CCCNC2. The van der Waals surface area contributed by atoms with Crippen molar-refractivity contribution >= 4 is 0 Å². The Balaban J connectivity index is 1.80. The van der Waals surface area contributed by atoms with E-state index < -0.39 is 0 Å². The van der Waals surface area contributed by atoms with Crippen LogP contribution in [0.4, 0.5) is 0 Å². The van der Waals surface area contributed by atoms with Crippen LogP contribution in [-0.2, 0) is 13.1 Å². The molecule has 1 aliphatic heterocycles. The van der Waals surface area contributed by atoms with Gasteiger partial charge in [-0.25, -0.2) is 4.98 Å². The standard InChI is InChI=1S/C18H21N5O/c1-13-4-5-17(24-2)16(10-13)22-9-7-20-18(22)15-11-14-12-19-6-3-8-23(14)21-15/h4-5,7,9-11,19H,3,6,8,12H2,1-2H3. The van der Waals surface area contributed by atoms with Crippen molar-refractivity contribution in [2.45, 2.75) is 26.4 Å². The van der Waals surface area contributed by atoms with Gasteiger partial charge in [0.25, 0.3) is 0 Å². The summed E-state index contributed by atoms with van der Waals surface area (Å²) in [4.78, 5) is 4.55. The molecule has 124 valence electrons. The van der Waals surface area contributed by atoms with Crippen LogP contribution in [0.25, 0.3) is 17.2 Å². The molecule has 0 bridgehead atoms. The fourth-order valence-electron chi connectivity index (χ4n) is 3.15. The molecular weight excluding hydrogens is 302 g/mol. The average Bonchev–Trinajstić information content (AvgIpc) is 3.17. The summed E-state index contributed by atoms with van der Waals surface area (Å²) >= 11 is 0. The quantitative estimate of drug-likeness (QED) is 0.805. The van der Waals surface area contributed by atoms with Gasteiger partial charge >= 0.3 is 0 Å². The first-order chi connectivity index (χ1) is 11.8. The smallest absolute Gasteiger partial charge is 0.165 e. The second-order valence-corrected chi connectivity index (χ2v) is 6.07. The van der Waals surface area contributed by atoms with Gasteiger partial charge in [0.15, 0.2) is 5.82 Å². The molecule has 1 N–H and O–H groups in total. The number of fused-ring (bicyclic) bond motifs is 1. The zero-order valence-corrected chi connectivity index (χ0v) is 14.0. The molecule has 3 heterocycles. The van der Waals surface area contributed by atoms with E-state index in [0.29, 0.717) is 0 Å². The highest BCUT2D eigenvalue weighted by atomic mass is 16.5. The van der Waals surface area contributed by atoms with Crippen LogP contribution in [0.5, 0.6) is 5.75 Å². The molecule has 6 heteroatoms. The number of rotatable bonds is 3. The molecule has 0 unspecified atom stereocenters. The summed E-state index contributed by atoms with van der Waals surface area (Å²) in [5, 5.41) is 8.20. The van der Waals surface area contributed by atoms with Gasteiger partial charge < -0.3 is 10.1 Å². The third-order valence-corrected chi connectivity index (χ3v) is 4.36. The topological polar surface area (TPSA) is 56.9 Å².